The Hall–Kier alpha value is -1.80. The number of rotatable bonds is 6. The van der Waals surface area contributed by atoms with Crippen molar-refractivity contribution in [1.82, 2.24) is 9.88 Å². The molecule has 0 radical (unpaired) electrons. The van der Waals surface area contributed by atoms with E-state index in [0.717, 1.165) is 35.1 Å². The first-order valence-electron chi connectivity index (χ1n) is 9.92. The number of likely N-dealkylation sites (tertiary alicyclic amines) is 1. The topological polar surface area (TPSA) is 54.9 Å². The van der Waals surface area contributed by atoms with Crippen molar-refractivity contribution in [1.29, 1.82) is 0 Å². The second-order valence-corrected chi connectivity index (χ2v) is 8.52. The molecule has 0 bridgehead atoms. The smallest absolute Gasteiger partial charge is 0.420 e. The average molecular weight is 434 g/mol. The first kappa shape index (κ1) is 20.5. The molecule has 0 N–H and O–H groups in total. The zero-order valence-electron chi connectivity index (χ0n) is 16.2. The lowest BCUT2D eigenvalue weighted by Gasteiger charge is -2.29. The summed E-state index contributed by atoms with van der Waals surface area (Å²) in [5.41, 5.74) is 0.724. The summed E-state index contributed by atoms with van der Waals surface area (Å²) in [5, 5.41) is 0.624. The van der Waals surface area contributed by atoms with E-state index in [2.05, 4.69) is 9.88 Å². The number of carbonyl (C=O) groups excluding carboxylic acids is 1. The highest BCUT2D eigenvalue weighted by atomic mass is 35.5. The Morgan fingerprint density at radius 3 is 2.83 bits per heavy atom. The first-order chi connectivity index (χ1) is 14.2. The van der Waals surface area contributed by atoms with E-state index in [1.54, 1.807) is 24.0 Å². The predicted molar refractivity (Wildman–Crippen MR) is 114 cm³/mol. The van der Waals surface area contributed by atoms with E-state index in [0.29, 0.717) is 24.1 Å². The van der Waals surface area contributed by atoms with Crippen LogP contribution in [-0.4, -0.2) is 55.4 Å². The van der Waals surface area contributed by atoms with Gasteiger partial charge in [-0.25, -0.2) is 14.7 Å². The van der Waals surface area contributed by atoms with Crippen LogP contribution in [0.1, 0.15) is 19.3 Å². The molecule has 8 heteroatoms. The van der Waals surface area contributed by atoms with Gasteiger partial charge in [-0.1, -0.05) is 29.8 Å². The minimum Gasteiger partial charge on any atom is -0.446 e. The van der Waals surface area contributed by atoms with Crippen LogP contribution in [0.2, 0.25) is 5.02 Å². The van der Waals surface area contributed by atoms with E-state index in [1.807, 2.05) is 24.3 Å². The Morgan fingerprint density at radius 2 is 1.97 bits per heavy atom. The lowest BCUT2D eigenvalue weighted by atomic mass is 10.1. The van der Waals surface area contributed by atoms with Crippen LogP contribution in [0.5, 0.6) is 0 Å². The number of fused-ring (bicyclic) bond motifs is 2. The minimum absolute atomic E-state index is 0.202. The molecule has 0 unspecified atom stereocenters. The number of ether oxygens (including phenoxy) is 2. The molecule has 0 spiro atoms. The quantitative estimate of drug-likeness (QED) is 0.599. The van der Waals surface area contributed by atoms with Crippen molar-refractivity contribution in [2.75, 3.05) is 44.4 Å². The average Bonchev–Trinajstić information content (AvgIpc) is 2.75. The number of aromatic nitrogens is 1. The van der Waals surface area contributed by atoms with Crippen LogP contribution in [0.3, 0.4) is 0 Å². The Bertz CT molecular complexity index is 861. The standard InChI is InChI=1S/C21H24ClN3O3S/c22-16-6-7-17-19(15-16)29-18-5-4-8-23-20(18)25(17)21(26)28-14-13-27-12-11-24-9-2-1-3-10-24/h4-8,15H,1-3,9-14H2. The molecule has 1 amide bonds. The van der Waals surface area contributed by atoms with Crippen LogP contribution in [0.4, 0.5) is 16.3 Å². The van der Waals surface area contributed by atoms with E-state index in [4.69, 9.17) is 21.1 Å². The molecule has 0 aliphatic carbocycles. The molecule has 1 aromatic carbocycles. The predicted octanol–water partition coefficient (Wildman–Crippen LogP) is 4.98. The molecule has 0 saturated carbocycles. The van der Waals surface area contributed by atoms with E-state index in [-0.39, 0.29) is 6.61 Å². The SMILES string of the molecule is O=C(OCCOCCN1CCCCC1)N1c2ccc(Cl)cc2Sc2cccnc21. The van der Waals surface area contributed by atoms with Gasteiger partial charge in [0.1, 0.15) is 6.61 Å². The van der Waals surface area contributed by atoms with Gasteiger partial charge < -0.3 is 14.4 Å². The highest BCUT2D eigenvalue weighted by Gasteiger charge is 2.30. The molecule has 2 aliphatic rings. The summed E-state index contributed by atoms with van der Waals surface area (Å²) in [6, 6.07) is 9.21. The molecular formula is C21H24ClN3O3S. The van der Waals surface area contributed by atoms with Crippen molar-refractivity contribution in [3.63, 3.8) is 0 Å². The fourth-order valence-corrected chi connectivity index (χ4v) is 4.84. The van der Waals surface area contributed by atoms with Crippen molar-refractivity contribution in [2.24, 2.45) is 0 Å². The maximum absolute atomic E-state index is 12.8. The number of anilines is 2. The number of pyridine rings is 1. The number of carbonyl (C=O) groups is 1. The van der Waals surface area contributed by atoms with Gasteiger partial charge in [0, 0.05) is 22.7 Å². The molecule has 3 heterocycles. The number of hydrogen-bond acceptors (Lipinski definition) is 6. The molecule has 4 rings (SSSR count). The highest BCUT2D eigenvalue weighted by molar-refractivity contribution is 7.99. The molecule has 1 fully saturated rings. The van der Waals surface area contributed by atoms with E-state index >= 15 is 0 Å². The Morgan fingerprint density at radius 1 is 1.10 bits per heavy atom. The fourth-order valence-electron chi connectivity index (χ4n) is 3.53. The summed E-state index contributed by atoms with van der Waals surface area (Å²) < 4.78 is 11.1. The van der Waals surface area contributed by atoms with Gasteiger partial charge in [-0.2, -0.15) is 0 Å². The summed E-state index contributed by atoms with van der Waals surface area (Å²) in [4.78, 5) is 22.9. The fraction of sp³-hybridized carbons (Fsp3) is 0.429. The Balaban J connectivity index is 1.32. The molecule has 1 saturated heterocycles. The van der Waals surface area contributed by atoms with Crippen LogP contribution in [-0.2, 0) is 9.47 Å². The van der Waals surface area contributed by atoms with Crippen molar-refractivity contribution in [3.05, 3.63) is 41.6 Å². The van der Waals surface area contributed by atoms with Gasteiger partial charge in [-0.3, -0.25) is 0 Å². The van der Waals surface area contributed by atoms with E-state index in [9.17, 15) is 4.79 Å². The van der Waals surface area contributed by atoms with Crippen molar-refractivity contribution >= 4 is 41.0 Å². The molecule has 29 heavy (non-hydrogen) atoms. The molecule has 1 aromatic heterocycles. The van der Waals surface area contributed by atoms with Crippen LogP contribution in [0.25, 0.3) is 0 Å². The normalized spacial score (nSPS) is 16.2. The zero-order valence-corrected chi connectivity index (χ0v) is 17.8. The highest BCUT2D eigenvalue weighted by Crippen LogP contribution is 2.47. The lowest BCUT2D eigenvalue weighted by molar-refractivity contribution is 0.0599. The number of nitrogens with zero attached hydrogens (tertiary/aromatic N) is 3. The Labute approximate surface area is 180 Å². The monoisotopic (exact) mass is 433 g/mol. The minimum atomic E-state index is -0.464. The van der Waals surface area contributed by atoms with Gasteiger partial charge in [0.25, 0.3) is 0 Å². The Kier molecular flexibility index (Phi) is 6.92. The number of piperidine rings is 1. The van der Waals surface area contributed by atoms with Crippen LogP contribution < -0.4 is 4.90 Å². The van der Waals surface area contributed by atoms with Crippen molar-refractivity contribution in [2.45, 2.75) is 29.1 Å². The second-order valence-electron chi connectivity index (χ2n) is 7.00. The van der Waals surface area contributed by atoms with Gasteiger partial charge in [0.05, 0.1) is 23.8 Å². The summed E-state index contributed by atoms with van der Waals surface area (Å²) >= 11 is 7.68. The molecular weight excluding hydrogens is 410 g/mol. The third kappa shape index (κ3) is 5.04. The second kappa shape index (κ2) is 9.80. The van der Waals surface area contributed by atoms with E-state index in [1.165, 1.54) is 24.2 Å². The van der Waals surface area contributed by atoms with Crippen LogP contribution >= 0.6 is 23.4 Å². The summed E-state index contributed by atoms with van der Waals surface area (Å²) in [7, 11) is 0. The number of halogens is 1. The summed E-state index contributed by atoms with van der Waals surface area (Å²) in [5.74, 6) is 0.573. The van der Waals surface area contributed by atoms with Crippen LogP contribution in [0.15, 0.2) is 46.3 Å². The van der Waals surface area contributed by atoms with Crippen molar-refractivity contribution in [3.8, 4) is 0 Å². The van der Waals surface area contributed by atoms with Crippen molar-refractivity contribution < 1.29 is 14.3 Å². The van der Waals surface area contributed by atoms with Gasteiger partial charge >= 0.3 is 6.09 Å². The van der Waals surface area contributed by atoms with Gasteiger partial charge in [0.2, 0.25) is 0 Å². The molecule has 6 nitrogen and oxygen atoms in total. The number of hydrogen-bond donors (Lipinski definition) is 0. The molecule has 0 atom stereocenters. The van der Waals surface area contributed by atoms with Gasteiger partial charge in [0.15, 0.2) is 5.82 Å². The lowest BCUT2D eigenvalue weighted by Crippen LogP contribution is -2.33. The number of amides is 1. The maximum atomic E-state index is 12.8. The summed E-state index contributed by atoms with van der Waals surface area (Å²) in [6.45, 7) is 4.48. The van der Waals surface area contributed by atoms with E-state index < -0.39 is 6.09 Å². The van der Waals surface area contributed by atoms with Gasteiger partial charge in [-0.05, 0) is 56.3 Å². The first-order valence-corrected chi connectivity index (χ1v) is 11.1. The third-order valence-electron chi connectivity index (χ3n) is 4.98. The molecule has 154 valence electrons. The summed E-state index contributed by atoms with van der Waals surface area (Å²) in [6.07, 6.45) is 5.08. The largest absolute Gasteiger partial charge is 0.446 e. The third-order valence-corrected chi connectivity index (χ3v) is 6.30. The van der Waals surface area contributed by atoms with Gasteiger partial charge in [-0.15, -0.1) is 0 Å². The zero-order chi connectivity index (χ0) is 20.1. The van der Waals surface area contributed by atoms with Crippen LogP contribution in [0, 0.1) is 0 Å². The number of benzene rings is 1. The molecule has 2 aromatic rings. The maximum Gasteiger partial charge on any atom is 0.420 e. The molecule has 2 aliphatic heterocycles.